The Morgan fingerprint density at radius 3 is 2.62 bits per heavy atom. The van der Waals surface area contributed by atoms with Crippen molar-refractivity contribution in [2.45, 2.75) is 31.6 Å². The third kappa shape index (κ3) is 4.90. The first-order valence-electron chi connectivity index (χ1n) is 12.8. The second-order valence-corrected chi connectivity index (χ2v) is 11.2. The molecular weight excluding hydrogens is 541 g/mol. The molecule has 2 N–H and O–H groups in total. The number of nitrogens with zero attached hydrogens (tertiary/aromatic N) is 6. The lowest BCUT2D eigenvalue weighted by Gasteiger charge is -2.34. The fourth-order valence-electron chi connectivity index (χ4n) is 5.40. The number of carbonyl (C=O) groups excluding carboxylic acids is 1. The highest BCUT2D eigenvalue weighted by Crippen LogP contribution is 2.39. The molecule has 2 aliphatic heterocycles. The van der Waals surface area contributed by atoms with E-state index in [1.54, 1.807) is 48.4 Å². The van der Waals surface area contributed by atoms with Crippen molar-refractivity contribution in [2.75, 3.05) is 42.7 Å². The van der Waals surface area contributed by atoms with Crippen LogP contribution in [-0.4, -0.2) is 70.1 Å². The molecule has 4 heterocycles. The topological polar surface area (TPSA) is 91.2 Å². The number of nitrogens with one attached hydrogen (secondary N) is 2. The van der Waals surface area contributed by atoms with Crippen LogP contribution < -0.4 is 15.5 Å². The van der Waals surface area contributed by atoms with Gasteiger partial charge < -0.3 is 15.5 Å². The van der Waals surface area contributed by atoms with Gasteiger partial charge in [-0.2, -0.15) is 13.2 Å². The van der Waals surface area contributed by atoms with E-state index in [0.717, 1.165) is 34.6 Å². The second-order valence-electron chi connectivity index (χ2n) is 10.2. The van der Waals surface area contributed by atoms with E-state index in [1.807, 2.05) is 18.9 Å². The molecule has 2 aliphatic rings. The third-order valence-corrected chi connectivity index (χ3v) is 8.57. The highest BCUT2D eigenvalue weighted by Gasteiger charge is 2.42. The number of hydrogen-bond donors (Lipinski definition) is 2. The number of rotatable bonds is 6. The summed E-state index contributed by atoms with van der Waals surface area (Å²) in [5, 5.41) is 14.9. The van der Waals surface area contributed by atoms with Crippen LogP contribution in [0.4, 0.5) is 29.7 Å². The smallest absolute Gasteiger partial charge is 0.366 e. The van der Waals surface area contributed by atoms with E-state index < -0.39 is 17.6 Å². The molecule has 1 amide bonds. The van der Waals surface area contributed by atoms with Crippen molar-refractivity contribution >= 4 is 33.8 Å². The lowest BCUT2D eigenvalue weighted by molar-refractivity contribution is -0.137. The van der Waals surface area contributed by atoms with Gasteiger partial charge in [-0.1, -0.05) is 22.6 Å². The number of fused-ring (bicyclic) bond motifs is 2. The first-order valence-corrected chi connectivity index (χ1v) is 13.6. The predicted octanol–water partition coefficient (Wildman–Crippen LogP) is 4.90. The Balaban J connectivity index is 1.27. The van der Waals surface area contributed by atoms with Crippen molar-refractivity contribution in [3.05, 3.63) is 65.5 Å². The Kier molecular flexibility index (Phi) is 6.50. The molecule has 2 aromatic heterocycles. The minimum atomic E-state index is -4.54. The summed E-state index contributed by atoms with van der Waals surface area (Å²) in [7, 11) is 3.82. The molecular formula is C27H27F3N8OS. The van der Waals surface area contributed by atoms with Crippen LogP contribution in [0.5, 0.6) is 0 Å². The molecule has 0 spiro atoms. The van der Waals surface area contributed by atoms with E-state index in [2.05, 4.69) is 30.8 Å². The van der Waals surface area contributed by atoms with Gasteiger partial charge in [-0.05, 0) is 56.3 Å². The Morgan fingerprint density at radius 1 is 1.12 bits per heavy atom. The molecule has 0 aliphatic carbocycles. The fourth-order valence-corrected chi connectivity index (χ4v) is 6.12. The SMILES string of the molecule is CNc1ncc(-c2cn(-c3cc(C(=O)Nc4cc(N5CC6CC5CN6C)cc(C(F)(F)F)c4)ccc3C)nn2)s1. The Hall–Kier alpha value is -3.97. The molecule has 2 saturated heterocycles. The summed E-state index contributed by atoms with van der Waals surface area (Å²) in [6.45, 7) is 3.34. The molecule has 9 nitrogen and oxygen atoms in total. The Labute approximate surface area is 232 Å². The van der Waals surface area contributed by atoms with E-state index in [-0.39, 0.29) is 17.3 Å². The van der Waals surface area contributed by atoms with Gasteiger partial charge in [0.15, 0.2) is 5.13 Å². The molecule has 208 valence electrons. The number of amides is 1. The van der Waals surface area contributed by atoms with Gasteiger partial charge in [0.05, 0.1) is 22.3 Å². The van der Waals surface area contributed by atoms with Crippen LogP contribution >= 0.6 is 11.3 Å². The van der Waals surface area contributed by atoms with E-state index in [1.165, 1.54) is 17.4 Å². The number of anilines is 3. The van der Waals surface area contributed by atoms with Crippen LogP contribution in [0, 0.1) is 6.92 Å². The first-order chi connectivity index (χ1) is 19.1. The zero-order valence-corrected chi connectivity index (χ0v) is 22.8. The van der Waals surface area contributed by atoms with Gasteiger partial charge in [0.25, 0.3) is 5.91 Å². The number of likely N-dealkylation sites (N-methyl/N-ethyl adjacent to an activating group) is 1. The lowest BCUT2D eigenvalue weighted by Crippen LogP contribution is -2.44. The Bertz CT molecular complexity index is 1580. The first kappa shape index (κ1) is 26.3. The van der Waals surface area contributed by atoms with Gasteiger partial charge in [0.2, 0.25) is 0 Å². The number of halogens is 3. The van der Waals surface area contributed by atoms with Gasteiger partial charge in [0.1, 0.15) is 5.69 Å². The summed E-state index contributed by atoms with van der Waals surface area (Å²) in [6.07, 6.45) is -0.170. The molecule has 2 bridgehead atoms. The molecule has 13 heteroatoms. The number of benzene rings is 2. The molecule has 2 unspecified atom stereocenters. The summed E-state index contributed by atoms with van der Waals surface area (Å²) in [5.41, 5.74) is 2.17. The molecule has 40 heavy (non-hydrogen) atoms. The third-order valence-electron chi connectivity index (χ3n) is 7.53. The van der Waals surface area contributed by atoms with Crippen LogP contribution in [0.2, 0.25) is 0 Å². The maximum atomic E-state index is 13.8. The molecule has 2 fully saturated rings. The number of alkyl halides is 3. The summed E-state index contributed by atoms with van der Waals surface area (Å²) in [6, 6.07) is 9.32. The van der Waals surface area contributed by atoms with Crippen molar-refractivity contribution in [2.24, 2.45) is 0 Å². The number of aryl methyl sites for hydroxylation is 1. The monoisotopic (exact) mass is 568 g/mol. The average molecular weight is 569 g/mol. The second kappa shape index (κ2) is 9.89. The van der Waals surface area contributed by atoms with E-state index >= 15 is 0 Å². The zero-order valence-electron chi connectivity index (χ0n) is 22.0. The van der Waals surface area contributed by atoms with Crippen molar-refractivity contribution in [3.63, 3.8) is 0 Å². The predicted molar refractivity (Wildman–Crippen MR) is 148 cm³/mol. The lowest BCUT2D eigenvalue weighted by atomic mass is 10.1. The molecule has 6 rings (SSSR count). The van der Waals surface area contributed by atoms with Crippen molar-refractivity contribution in [1.82, 2.24) is 24.9 Å². The van der Waals surface area contributed by atoms with Gasteiger partial charge in [-0.15, -0.1) is 5.10 Å². The molecule has 2 atom stereocenters. The largest absolute Gasteiger partial charge is 0.416 e. The standard InChI is InChI=1S/C27H27F3N8OS/c1-15-4-5-16(6-23(15)38-14-22(34-35-38)24-11-32-26(31-2)40-24)25(39)33-18-7-17(27(28,29)30)8-19(9-18)37-13-20-10-21(37)12-36(20)3/h4-9,11,14,20-21H,10,12-13H2,1-3H3,(H,31,32)(H,33,39). The van der Waals surface area contributed by atoms with Crippen LogP contribution in [0.25, 0.3) is 16.3 Å². The number of piperazine rings is 1. The van der Waals surface area contributed by atoms with Crippen LogP contribution in [0.3, 0.4) is 0 Å². The van der Waals surface area contributed by atoms with Crippen LogP contribution in [0.1, 0.15) is 27.9 Å². The maximum Gasteiger partial charge on any atom is 0.416 e. The average Bonchev–Trinajstić information content (AvgIpc) is 3.72. The molecule has 0 saturated carbocycles. The minimum Gasteiger partial charge on any atom is -0.366 e. The summed E-state index contributed by atoms with van der Waals surface area (Å²) < 4.78 is 43.0. The van der Waals surface area contributed by atoms with Crippen LogP contribution in [-0.2, 0) is 6.18 Å². The van der Waals surface area contributed by atoms with E-state index in [4.69, 9.17) is 0 Å². The van der Waals surface area contributed by atoms with Crippen molar-refractivity contribution in [3.8, 4) is 16.3 Å². The summed E-state index contributed by atoms with van der Waals surface area (Å²) in [5.74, 6) is -0.518. The normalized spacial score (nSPS) is 18.9. The van der Waals surface area contributed by atoms with Gasteiger partial charge in [-0.25, -0.2) is 9.67 Å². The number of likely N-dealkylation sites (tertiary alicyclic amines) is 1. The van der Waals surface area contributed by atoms with E-state index in [0.29, 0.717) is 29.7 Å². The number of thiazole rings is 1. The molecule has 0 radical (unpaired) electrons. The number of aromatic nitrogens is 4. The zero-order chi connectivity index (χ0) is 28.2. The quantitative estimate of drug-likeness (QED) is 0.342. The minimum absolute atomic E-state index is 0.0988. The fraction of sp³-hybridized carbons (Fsp3) is 0.333. The Morgan fingerprint density at radius 2 is 1.95 bits per heavy atom. The molecule has 4 aromatic rings. The van der Waals surface area contributed by atoms with Crippen molar-refractivity contribution in [1.29, 1.82) is 0 Å². The van der Waals surface area contributed by atoms with Gasteiger partial charge >= 0.3 is 6.18 Å². The van der Waals surface area contributed by atoms with Crippen molar-refractivity contribution < 1.29 is 18.0 Å². The highest BCUT2D eigenvalue weighted by atomic mass is 32.1. The highest BCUT2D eigenvalue weighted by molar-refractivity contribution is 7.18. The summed E-state index contributed by atoms with van der Waals surface area (Å²) in [4.78, 5) is 22.6. The maximum absolute atomic E-state index is 13.8. The van der Waals surface area contributed by atoms with Gasteiger partial charge in [0, 0.05) is 55.4 Å². The van der Waals surface area contributed by atoms with Gasteiger partial charge in [-0.3, -0.25) is 9.69 Å². The van der Waals surface area contributed by atoms with E-state index in [9.17, 15) is 18.0 Å². The number of hydrogen-bond acceptors (Lipinski definition) is 8. The molecule has 2 aromatic carbocycles. The number of carbonyl (C=O) groups is 1. The summed E-state index contributed by atoms with van der Waals surface area (Å²) >= 11 is 1.44. The van der Waals surface area contributed by atoms with Crippen LogP contribution in [0.15, 0.2) is 48.8 Å².